The summed E-state index contributed by atoms with van der Waals surface area (Å²) in [5, 5.41) is 2.98. The summed E-state index contributed by atoms with van der Waals surface area (Å²) >= 11 is 15.7. The highest BCUT2D eigenvalue weighted by molar-refractivity contribution is 9.11. The van der Waals surface area contributed by atoms with Crippen LogP contribution in [0.4, 0.5) is 5.82 Å². The van der Waals surface area contributed by atoms with Gasteiger partial charge in [0.25, 0.3) is 5.91 Å². The summed E-state index contributed by atoms with van der Waals surface area (Å²) in [5.41, 5.74) is 0.354. The first-order chi connectivity index (χ1) is 8.99. The standard InChI is InChI=1S/C11H5Br3ClN3O/c12-6-3-1-2-5(8(6)15)11(19)18-10-9(14)17-7(13)4-16-10/h1-4H,(H,16,18,19). The molecule has 0 spiro atoms. The van der Waals surface area contributed by atoms with Gasteiger partial charge in [0.05, 0.1) is 16.8 Å². The van der Waals surface area contributed by atoms with Gasteiger partial charge in [-0.3, -0.25) is 4.79 Å². The van der Waals surface area contributed by atoms with E-state index in [-0.39, 0.29) is 5.91 Å². The fourth-order valence-electron chi connectivity index (χ4n) is 1.28. The van der Waals surface area contributed by atoms with Crippen molar-refractivity contribution in [3.63, 3.8) is 0 Å². The molecule has 0 bridgehead atoms. The van der Waals surface area contributed by atoms with Gasteiger partial charge in [-0.1, -0.05) is 17.7 Å². The molecule has 98 valence electrons. The van der Waals surface area contributed by atoms with Crippen molar-refractivity contribution in [3.8, 4) is 0 Å². The first-order valence-electron chi connectivity index (χ1n) is 4.92. The number of hydrogen-bond acceptors (Lipinski definition) is 3. The second-order valence-electron chi connectivity index (χ2n) is 3.39. The molecule has 0 unspecified atom stereocenters. The van der Waals surface area contributed by atoms with E-state index in [2.05, 4.69) is 63.1 Å². The Hall–Kier alpha value is -0.500. The van der Waals surface area contributed by atoms with Gasteiger partial charge in [-0.2, -0.15) is 0 Å². The number of benzene rings is 1. The van der Waals surface area contributed by atoms with Crippen molar-refractivity contribution in [1.29, 1.82) is 0 Å². The fraction of sp³-hybridized carbons (Fsp3) is 0. The van der Waals surface area contributed by atoms with Gasteiger partial charge in [-0.05, 0) is 59.9 Å². The highest BCUT2D eigenvalue weighted by Crippen LogP contribution is 2.27. The molecule has 0 atom stereocenters. The Bertz CT molecular complexity index is 651. The predicted molar refractivity (Wildman–Crippen MR) is 84.5 cm³/mol. The van der Waals surface area contributed by atoms with E-state index in [0.717, 1.165) is 0 Å². The van der Waals surface area contributed by atoms with Crippen LogP contribution >= 0.6 is 59.4 Å². The maximum Gasteiger partial charge on any atom is 0.258 e. The molecule has 1 amide bonds. The zero-order chi connectivity index (χ0) is 14.0. The summed E-state index contributed by atoms with van der Waals surface area (Å²) in [4.78, 5) is 20.2. The molecule has 1 N–H and O–H groups in total. The quantitative estimate of drug-likeness (QED) is 0.694. The molecule has 2 aromatic rings. The highest BCUT2D eigenvalue weighted by Gasteiger charge is 2.14. The lowest BCUT2D eigenvalue weighted by molar-refractivity contribution is 0.102. The van der Waals surface area contributed by atoms with Crippen molar-refractivity contribution in [2.75, 3.05) is 5.32 Å². The molecule has 19 heavy (non-hydrogen) atoms. The Labute approximate surface area is 139 Å². The van der Waals surface area contributed by atoms with Crippen LogP contribution in [0.25, 0.3) is 0 Å². The zero-order valence-corrected chi connectivity index (χ0v) is 14.6. The molecule has 1 aromatic heterocycles. The van der Waals surface area contributed by atoms with Crippen LogP contribution in [0.3, 0.4) is 0 Å². The van der Waals surface area contributed by atoms with Crippen LogP contribution < -0.4 is 5.32 Å². The second-order valence-corrected chi connectivity index (χ2v) is 6.18. The Morgan fingerprint density at radius 2 is 2.00 bits per heavy atom. The van der Waals surface area contributed by atoms with Crippen LogP contribution in [-0.2, 0) is 0 Å². The second kappa shape index (κ2) is 6.30. The number of nitrogens with zero attached hydrogens (tertiary/aromatic N) is 2. The molecule has 0 saturated carbocycles. The Balaban J connectivity index is 2.28. The lowest BCUT2D eigenvalue weighted by Gasteiger charge is -2.08. The first-order valence-corrected chi connectivity index (χ1v) is 7.68. The molecule has 0 saturated heterocycles. The third-order valence-electron chi connectivity index (χ3n) is 2.13. The van der Waals surface area contributed by atoms with Gasteiger partial charge >= 0.3 is 0 Å². The molecule has 0 fully saturated rings. The maximum atomic E-state index is 12.1. The molecule has 0 radical (unpaired) electrons. The van der Waals surface area contributed by atoms with Crippen LogP contribution in [0, 0.1) is 0 Å². The van der Waals surface area contributed by atoms with Crippen molar-refractivity contribution >= 4 is 71.1 Å². The maximum absolute atomic E-state index is 12.1. The first kappa shape index (κ1) is 14.9. The molecular formula is C11H5Br3ClN3O. The number of amides is 1. The topological polar surface area (TPSA) is 54.9 Å². The van der Waals surface area contributed by atoms with Crippen LogP contribution in [0.2, 0.25) is 5.02 Å². The molecule has 0 aliphatic carbocycles. The summed E-state index contributed by atoms with van der Waals surface area (Å²) < 4.78 is 1.65. The molecular weight excluding hydrogens is 465 g/mol. The monoisotopic (exact) mass is 467 g/mol. The van der Waals surface area contributed by atoms with E-state index in [4.69, 9.17) is 11.6 Å². The third-order valence-corrected chi connectivity index (χ3v) is 4.36. The zero-order valence-electron chi connectivity index (χ0n) is 9.12. The average molecular weight is 470 g/mol. The molecule has 2 rings (SSSR count). The van der Waals surface area contributed by atoms with Gasteiger partial charge in [0, 0.05) is 4.47 Å². The van der Waals surface area contributed by atoms with Crippen molar-refractivity contribution in [1.82, 2.24) is 9.97 Å². The Morgan fingerprint density at radius 3 is 2.68 bits per heavy atom. The van der Waals surface area contributed by atoms with Gasteiger partial charge < -0.3 is 5.32 Å². The highest BCUT2D eigenvalue weighted by atomic mass is 79.9. The smallest absolute Gasteiger partial charge is 0.258 e. The number of carbonyl (C=O) groups is 1. The summed E-state index contributed by atoms with van der Waals surface area (Å²) in [5.74, 6) is -0.0344. The van der Waals surface area contributed by atoms with Gasteiger partial charge in [0.15, 0.2) is 5.82 Å². The minimum absolute atomic E-state index is 0.323. The lowest BCUT2D eigenvalue weighted by atomic mass is 10.2. The number of carbonyl (C=O) groups excluding carboxylic acids is 1. The summed E-state index contributed by atoms with van der Waals surface area (Å²) in [7, 11) is 0. The number of rotatable bonds is 2. The van der Waals surface area contributed by atoms with Crippen molar-refractivity contribution < 1.29 is 4.79 Å². The number of aromatic nitrogens is 2. The van der Waals surface area contributed by atoms with Gasteiger partial charge in [0.2, 0.25) is 0 Å². The van der Waals surface area contributed by atoms with E-state index < -0.39 is 0 Å². The van der Waals surface area contributed by atoms with Crippen molar-refractivity contribution in [3.05, 3.63) is 48.7 Å². The number of hydrogen-bond donors (Lipinski definition) is 1. The molecule has 1 aromatic carbocycles. The fourth-order valence-corrected chi connectivity index (χ4v) is 2.77. The molecule has 1 heterocycles. The van der Waals surface area contributed by atoms with Gasteiger partial charge in [-0.25, -0.2) is 9.97 Å². The molecule has 4 nitrogen and oxygen atoms in total. The van der Waals surface area contributed by atoms with E-state index in [1.165, 1.54) is 6.20 Å². The predicted octanol–water partition coefficient (Wildman–Crippen LogP) is 4.67. The molecule has 0 aliphatic heterocycles. The SMILES string of the molecule is O=C(Nc1ncc(Br)nc1Br)c1cccc(Br)c1Cl. The minimum atomic E-state index is -0.358. The largest absolute Gasteiger partial charge is 0.304 e. The number of anilines is 1. The van der Waals surface area contributed by atoms with Gasteiger partial charge in [0.1, 0.15) is 9.21 Å². The summed E-state index contributed by atoms with van der Waals surface area (Å²) in [6.07, 6.45) is 1.49. The molecule has 0 aliphatic rings. The number of nitrogens with one attached hydrogen (secondary N) is 1. The third kappa shape index (κ3) is 3.53. The van der Waals surface area contributed by atoms with E-state index in [9.17, 15) is 4.79 Å². The summed E-state index contributed by atoms with van der Waals surface area (Å²) in [6.45, 7) is 0. The minimum Gasteiger partial charge on any atom is -0.304 e. The van der Waals surface area contributed by atoms with E-state index in [1.54, 1.807) is 18.2 Å². The Kier molecular flexibility index (Phi) is 4.94. The van der Waals surface area contributed by atoms with Crippen LogP contribution in [0.5, 0.6) is 0 Å². The van der Waals surface area contributed by atoms with Crippen LogP contribution in [0.15, 0.2) is 38.1 Å². The van der Waals surface area contributed by atoms with Crippen molar-refractivity contribution in [2.45, 2.75) is 0 Å². The Morgan fingerprint density at radius 1 is 1.26 bits per heavy atom. The molecule has 8 heteroatoms. The average Bonchev–Trinajstić information content (AvgIpc) is 2.36. The lowest BCUT2D eigenvalue weighted by Crippen LogP contribution is -2.14. The number of halogens is 4. The normalized spacial score (nSPS) is 10.3. The van der Waals surface area contributed by atoms with Gasteiger partial charge in [-0.15, -0.1) is 0 Å². The van der Waals surface area contributed by atoms with Crippen LogP contribution in [0.1, 0.15) is 10.4 Å². The van der Waals surface area contributed by atoms with E-state index >= 15 is 0 Å². The van der Waals surface area contributed by atoms with E-state index in [1.807, 2.05) is 0 Å². The summed E-state index contributed by atoms with van der Waals surface area (Å²) in [6, 6.07) is 5.12. The van der Waals surface area contributed by atoms with Crippen LogP contribution in [-0.4, -0.2) is 15.9 Å². The van der Waals surface area contributed by atoms with E-state index in [0.29, 0.717) is 30.1 Å². The van der Waals surface area contributed by atoms with Crippen molar-refractivity contribution in [2.24, 2.45) is 0 Å².